The number of aromatic nitrogens is 2. The van der Waals surface area contributed by atoms with Crippen molar-refractivity contribution in [3.8, 4) is 0 Å². The molecule has 0 spiro atoms. The molecule has 1 aromatic rings. The lowest BCUT2D eigenvalue weighted by atomic mass is 10.2. The number of thioether (sulfide) groups is 1. The number of hydrogen-bond acceptors (Lipinski definition) is 3. The molecular weight excluding hydrogens is 170 g/mol. The molecule has 1 aliphatic heterocycles. The maximum absolute atomic E-state index is 4.16. The Morgan fingerprint density at radius 2 is 2.67 bits per heavy atom. The van der Waals surface area contributed by atoms with Gasteiger partial charge in [-0.25, -0.2) is 0 Å². The molecule has 1 aromatic heterocycles. The number of nitrogens with one attached hydrogen (secondary N) is 1. The normalized spacial score (nSPS) is 24.2. The molecular formula is C8H13N3S. The van der Waals surface area contributed by atoms with Crippen molar-refractivity contribution in [2.75, 3.05) is 18.1 Å². The largest absolute Gasteiger partial charge is 0.308 e. The molecule has 2 heterocycles. The molecule has 1 atom stereocenters. The second-order valence-electron chi connectivity index (χ2n) is 3.03. The van der Waals surface area contributed by atoms with E-state index in [1.165, 1.54) is 17.1 Å². The quantitative estimate of drug-likeness (QED) is 0.698. The summed E-state index contributed by atoms with van der Waals surface area (Å²) in [4.78, 5) is 0. The van der Waals surface area contributed by atoms with Crippen LogP contribution in [0.5, 0.6) is 0 Å². The van der Waals surface area contributed by atoms with Crippen LogP contribution >= 0.6 is 11.8 Å². The Labute approximate surface area is 76.5 Å². The van der Waals surface area contributed by atoms with Gasteiger partial charge in [-0.15, -0.1) is 0 Å². The molecule has 0 radical (unpaired) electrons. The van der Waals surface area contributed by atoms with Crippen molar-refractivity contribution in [3.63, 3.8) is 0 Å². The van der Waals surface area contributed by atoms with Gasteiger partial charge >= 0.3 is 0 Å². The first-order chi connectivity index (χ1) is 5.86. The van der Waals surface area contributed by atoms with Crippen LogP contribution in [0.25, 0.3) is 0 Å². The summed E-state index contributed by atoms with van der Waals surface area (Å²) in [6, 6.07) is 0.512. The average molecular weight is 183 g/mol. The van der Waals surface area contributed by atoms with Crippen LogP contribution < -0.4 is 5.32 Å². The van der Waals surface area contributed by atoms with Gasteiger partial charge in [0.25, 0.3) is 0 Å². The zero-order chi connectivity index (χ0) is 8.39. The molecule has 0 aliphatic carbocycles. The maximum Gasteiger partial charge on any atom is 0.0537 e. The fraction of sp³-hybridized carbons (Fsp3) is 0.625. The van der Waals surface area contributed by atoms with Crippen molar-refractivity contribution in [1.82, 2.24) is 15.1 Å². The van der Waals surface area contributed by atoms with Crippen LogP contribution in [0.4, 0.5) is 0 Å². The molecule has 0 bridgehead atoms. The van der Waals surface area contributed by atoms with Gasteiger partial charge < -0.3 is 5.32 Å². The Kier molecular flexibility index (Phi) is 2.37. The molecule has 3 nitrogen and oxygen atoms in total. The number of nitrogens with zero attached hydrogens (tertiary/aromatic N) is 2. The zero-order valence-corrected chi connectivity index (χ0v) is 7.97. The van der Waals surface area contributed by atoms with Crippen LogP contribution in [0.3, 0.4) is 0 Å². The Morgan fingerprint density at radius 1 is 1.75 bits per heavy atom. The summed E-state index contributed by atoms with van der Waals surface area (Å²) in [6.45, 7) is 1.12. The smallest absolute Gasteiger partial charge is 0.0537 e. The van der Waals surface area contributed by atoms with Gasteiger partial charge in [-0.1, -0.05) is 0 Å². The summed E-state index contributed by atoms with van der Waals surface area (Å²) in [5.74, 6) is 2.41. The van der Waals surface area contributed by atoms with E-state index in [-0.39, 0.29) is 0 Å². The summed E-state index contributed by atoms with van der Waals surface area (Å²) in [7, 11) is 1.96. The second kappa shape index (κ2) is 3.49. The van der Waals surface area contributed by atoms with Crippen molar-refractivity contribution in [1.29, 1.82) is 0 Å². The van der Waals surface area contributed by atoms with Crippen molar-refractivity contribution in [2.24, 2.45) is 7.05 Å². The minimum Gasteiger partial charge on any atom is -0.308 e. The fourth-order valence-electron chi connectivity index (χ4n) is 1.40. The van der Waals surface area contributed by atoms with E-state index in [2.05, 4.69) is 16.6 Å². The molecule has 1 unspecified atom stereocenters. The highest BCUT2D eigenvalue weighted by Gasteiger charge is 2.15. The molecule has 1 fully saturated rings. The predicted octanol–water partition coefficient (Wildman–Crippen LogP) is 0.798. The van der Waals surface area contributed by atoms with Gasteiger partial charge in [0.1, 0.15) is 0 Å². The molecule has 1 aliphatic rings. The van der Waals surface area contributed by atoms with E-state index in [1.54, 1.807) is 0 Å². The Hall–Kier alpha value is -0.480. The Balaban J connectivity index is 2.08. The Bertz CT molecular complexity index is 253. The standard InChI is InChI=1S/C8H13N3S/c1-11-5-7(4-10-11)8-6-12-3-2-9-8/h4-5,8-9H,2-3,6H2,1H3. The topological polar surface area (TPSA) is 29.9 Å². The van der Waals surface area contributed by atoms with E-state index in [4.69, 9.17) is 0 Å². The van der Waals surface area contributed by atoms with Crippen molar-refractivity contribution >= 4 is 11.8 Å². The number of rotatable bonds is 1. The molecule has 12 heavy (non-hydrogen) atoms. The monoisotopic (exact) mass is 183 g/mol. The summed E-state index contributed by atoms with van der Waals surface area (Å²) in [5.41, 5.74) is 1.31. The van der Waals surface area contributed by atoms with Gasteiger partial charge in [0.2, 0.25) is 0 Å². The lowest BCUT2D eigenvalue weighted by Crippen LogP contribution is -2.29. The summed E-state index contributed by atoms with van der Waals surface area (Å²) in [5, 5.41) is 7.63. The third-order valence-electron chi connectivity index (χ3n) is 2.05. The summed E-state index contributed by atoms with van der Waals surface area (Å²) in [6.07, 6.45) is 4.03. The van der Waals surface area contributed by atoms with Gasteiger partial charge in [-0.2, -0.15) is 16.9 Å². The van der Waals surface area contributed by atoms with Crippen LogP contribution in [-0.2, 0) is 7.05 Å². The highest BCUT2D eigenvalue weighted by atomic mass is 32.2. The van der Waals surface area contributed by atoms with E-state index >= 15 is 0 Å². The number of hydrogen-bond donors (Lipinski definition) is 1. The highest BCUT2D eigenvalue weighted by molar-refractivity contribution is 7.99. The van der Waals surface area contributed by atoms with Crippen LogP contribution in [0.1, 0.15) is 11.6 Å². The summed E-state index contributed by atoms with van der Waals surface area (Å²) >= 11 is 2.01. The van der Waals surface area contributed by atoms with Crippen molar-refractivity contribution < 1.29 is 0 Å². The molecule has 0 aromatic carbocycles. The van der Waals surface area contributed by atoms with Crippen molar-refractivity contribution in [2.45, 2.75) is 6.04 Å². The Morgan fingerprint density at radius 3 is 3.25 bits per heavy atom. The fourth-order valence-corrected chi connectivity index (χ4v) is 2.37. The summed E-state index contributed by atoms with van der Waals surface area (Å²) < 4.78 is 1.86. The highest BCUT2D eigenvalue weighted by Crippen LogP contribution is 2.20. The van der Waals surface area contributed by atoms with Gasteiger partial charge in [-0.05, 0) is 0 Å². The third kappa shape index (κ3) is 1.64. The first kappa shape index (κ1) is 8.13. The molecule has 2 rings (SSSR count). The number of aryl methyl sites for hydroxylation is 1. The predicted molar refractivity (Wildman–Crippen MR) is 51.3 cm³/mol. The van der Waals surface area contributed by atoms with E-state index in [0.29, 0.717) is 6.04 Å². The second-order valence-corrected chi connectivity index (χ2v) is 4.18. The van der Waals surface area contributed by atoms with Crippen LogP contribution in [0, 0.1) is 0 Å². The van der Waals surface area contributed by atoms with Gasteiger partial charge in [0, 0.05) is 42.9 Å². The molecule has 1 N–H and O–H groups in total. The lowest BCUT2D eigenvalue weighted by Gasteiger charge is -2.21. The van der Waals surface area contributed by atoms with E-state index in [9.17, 15) is 0 Å². The SMILES string of the molecule is Cn1cc(C2CSCCN2)cn1. The third-order valence-corrected chi connectivity index (χ3v) is 3.11. The van der Waals surface area contributed by atoms with Gasteiger partial charge in [0.15, 0.2) is 0 Å². The van der Waals surface area contributed by atoms with Crippen LogP contribution in [0.15, 0.2) is 12.4 Å². The van der Waals surface area contributed by atoms with Gasteiger partial charge in [0.05, 0.1) is 6.20 Å². The first-order valence-corrected chi connectivity index (χ1v) is 5.31. The van der Waals surface area contributed by atoms with E-state index in [1.807, 2.05) is 29.7 Å². The maximum atomic E-state index is 4.16. The molecule has 66 valence electrons. The molecule has 4 heteroatoms. The minimum atomic E-state index is 0.512. The van der Waals surface area contributed by atoms with E-state index < -0.39 is 0 Å². The zero-order valence-electron chi connectivity index (χ0n) is 7.16. The van der Waals surface area contributed by atoms with Crippen molar-refractivity contribution in [3.05, 3.63) is 18.0 Å². The van der Waals surface area contributed by atoms with Gasteiger partial charge in [-0.3, -0.25) is 4.68 Å². The first-order valence-electron chi connectivity index (χ1n) is 4.16. The molecule has 1 saturated heterocycles. The minimum absolute atomic E-state index is 0.512. The van der Waals surface area contributed by atoms with E-state index in [0.717, 1.165) is 6.54 Å². The molecule has 0 saturated carbocycles. The molecule has 0 amide bonds. The van der Waals surface area contributed by atoms with Crippen LogP contribution in [0.2, 0.25) is 0 Å². The van der Waals surface area contributed by atoms with Crippen LogP contribution in [-0.4, -0.2) is 27.8 Å². The lowest BCUT2D eigenvalue weighted by molar-refractivity contribution is 0.594. The average Bonchev–Trinajstić information content (AvgIpc) is 2.54.